The van der Waals surface area contributed by atoms with E-state index < -0.39 is 12.1 Å². The average molecular weight is 959 g/mol. The summed E-state index contributed by atoms with van der Waals surface area (Å²) in [7, 11) is 0. The van der Waals surface area contributed by atoms with Gasteiger partial charge in [0.2, 0.25) is 5.91 Å². The Kier molecular flexibility index (Phi) is 59.7. The Morgan fingerprint density at radius 3 is 0.809 bits per heavy atom. The third-order valence-corrected chi connectivity index (χ3v) is 15.3. The first-order valence-electron chi connectivity index (χ1n) is 31.9. The van der Waals surface area contributed by atoms with Gasteiger partial charge < -0.3 is 15.5 Å². The molecule has 0 aromatic carbocycles. The monoisotopic (exact) mass is 958 g/mol. The number of hydrogen-bond acceptors (Lipinski definition) is 3. The fourth-order valence-electron chi connectivity index (χ4n) is 10.4. The van der Waals surface area contributed by atoms with Gasteiger partial charge in [-0.2, -0.15) is 0 Å². The summed E-state index contributed by atoms with van der Waals surface area (Å²) >= 11 is 0. The van der Waals surface area contributed by atoms with E-state index in [4.69, 9.17) is 0 Å². The number of unbranched alkanes of at least 4 members (excludes halogenated alkanes) is 51. The number of carbonyl (C=O) groups is 1. The lowest BCUT2D eigenvalue weighted by atomic mass is 10.0. The van der Waals surface area contributed by atoms with Crippen LogP contribution in [-0.2, 0) is 4.79 Å². The van der Waals surface area contributed by atoms with Crippen LogP contribution in [0.25, 0.3) is 0 Å². The van der Waals surface area contributed by atoms with Gasteiger partial charge in [0.25, 0.3) is 0 Å². The Balaban J connectivity index is 3.39. The number of aliphatic hydroxyl groups is 2. The molecule has 0 saturated carbocycles. The minimum Gasteiger partial charge on any atom is -0.394 e. The van der Waals surface area contributed by atoms with Crippen LogP contribution in [0.4, 0.5) is 0 Å². The lowest BCUT2D eigenvalue weighted by molar-refractivity contribution is -0.123. The molecular weight excluding hydrogens is 831 g/mol. The first kappa shape index (κ1) is 67.1. The van der Waals surface area contributed by atoms with Gasteiger partial charge in [0.1, 0.15) is 0 Å². The number of hydrogen-bond donors (Lipinski definition) is 3. The number of rotatable bonds is 60. The van der Waals surface area contributed by atoms with Crippen molar-refractivity contribution in [1.82, 2.24) is 5.32 Å². The van der Waals surface area contributed by atoms with Gasteiger partial charge in [0.15, 0.2) is 0 Å². The van der Waals surface area contributed by atoms with Gasteiger partial charge >= 0.3 is 0 Å². The second-order valence-corrected chi connectivity index (χ2v) is 22.2. The molecule has 0 saturated heterocycles. The van der Waals surface area contributed by atoms with Crippen molar-refractivity contribution in [2.75, 3.05) is 6.61 Å². The molecule has 0 aromatic rings. The summed E-state index contributed by atoms with van der Waals surface area (Å²) in [4.78, 5) is 12.5. The first-order valence-corrected chi connectivity index (χ1v) is 31.9. The average Bonchev–Trinajstić information content (AvgIpc) is 3.34. The van der Waals surface area contributed by atoms with Crippen LogP contribution in [0.1, 0.15) is 373 Å². The summed E-state index contributed by atoms with van der Waals surface area (Å²) in [6.07, 6.45) is 79.5. The fraction of sp³-hybridized carbons (Fsp3) is 0.953. The van der Waals surface area contributed by atoms with Crippen molar-refractivity contribution in [3.05, 3.63) is 12.2 Å². The van der Waals surface area contributed by atoms with E-state index in [0.717, 1.165) is 25.7 Å². The maximum atomic E-state index is 12.5. The van der Waals surface area contributed by atoms with E-state index in [-0.39, 0.29) is 12.5 Å². The molecule has 0 fully saturated rings. The second-order valence-electron chi connectivity index (χ2n) is 22.2. The number of allylic oxidation sites excluding steroid dienone is 2. The summed E-state index contributed by atoms with van der Waals surface area (Å²) in [6, 6.07) is -0.534. The Hall–Kier alpha value is -0.870. The highest BCUT2D eigenvalue weighted by molar-refractivity contribution is 5.76. The molecule has 68 heavy (non-hydrogen) atoms. The topological polar surface area (TPSA) is 69.6 Å². The van der Waals surface area contributed by atoms with E-state index in [1.165, 1.54) is 321 Å². The van der Waals surface area contributed by atoms with Crippen LogP contribution in [0.5, 0.6) is 0 Å². The molecule has 4 nitrogen and oxygen atoms in total. The van der Waals surface area contributed by atoms with Crippen LogP contribution in [0.3, 0.4) is 0 Å². The van der Waals surface area contributed by atoms with Gasteiger partial charge in [-0.15, -0.1) is 0 Å². The molecule has 406 valence electrons. The van der Waals surface area contributed by atoms with Crippen molar-refractivity contribution in [1.29, 1.82) is 0 Å². The number of nitrogens with one attached hydrogen (secondary N) is 1. The second kappa shape index (κ2) is 60.4. The minimum absolute atomic E-state index is 0.0222. The summed E-state index contributed by atoms with van der Waals surface area (Å²) in [6.45, 7) is 4.41. The van der Waals surface area contributed by atoms with E-state index in [0.29, 0.717) is 12.8 Å². The molecule has 4 heteroatoms. The van der Waals surface area contributed by atoms with E-state index in [1.807, 2.05) is 0 Å². The van der Waals surface area contributed by atoms with Crippen molar-refractivity contribution < 1.29 is 15.0 Å². The summed E-state index contributed by atoms with van der Waals surface area (Å²) in [5.74, 6) is -0.0222. The van der Waals surface area contributed by atoms with Crippen molar-refractivity contribution >= 4 is 5.91 Å². The fourth-order valence-corrected chi connectivity index (χ4v) is 10.4. The number of carbonyl (C=O) groups excluding carboxylic acids is 1. The van der Waals surface area contributed by atoms with Crippen LogP contribution in [0.15, 0.2) is 12.2 Å². The van der Waals surface area contributed by atoms with Crippen molar-refractivity contribution in [3.8, 4) is 0 Å². The molecule has 1 amide bonds. The third kappa shape index (κ3) is 56.0. The normalized spacial score (nSPS) is 12.7. The predicted molar refractivity (Wildman–Crippen MR) is 304 cm³/mol. The van der Waals surface area contributed by atoms with Crippen LogP contribution >= 0.6 is 0 Å². The molecule has 0 bridgehead atoms. The molecule has 0 aliphatic rings. The van der Waals surface area contributed by atoms with Gasteiger partial charge in [-0.25, -0.2) is 0 Å². The number of aliphatic hydroxyl groups excluding tert-OH is 2. The molecule has 0 rings (SSSR count). The molecule has 0 aromatic heterocycles. The lowest BCUT2D eigenvalue weighted by Crippen LogP contribution is -2.45. The summed E-state index contributed by atoms with van der Waals surface area (Å²) in [5, 5.41) is 23.4. The quantitative estimate of drug-likeness (QED) is 0.0420. The molecule has 2 unspecified atom stereocenters. The van der Waals surface area contributed by atoms with Crippen LogP contribution in [0, 0.1) is 0 Å². The highest BCUT2D eigenvalue weighted by Gasteiger charge is 2.20. The van der Waals surface area contributed by atoms with E-state index in [9.17, 15) is 15.0 Å². The van der Waals surface area contributed by atoms with E-state index >= 15 is 0 Å². The zero-order valence-electron chi connectivity index (χ0n) is 46.9. The maximum Gasteiger partial charge on any atom is 0.220 e. The van der Waals surface area contributed by atoms with Gasteiger partial charge in [0.05, 0.1) is 18.8 Å². The summed E-state index contributed by atoms with van der Waals surface area (Å²) < 4.78 is 0. The van der Waals surface area contributed by atoms with E-state index in [2.05, 4.69) is 31.3 Å². The standard InChI is InChI=1S/C64H127NO3/c1-3-5-7-9-11-13-15-17-19-21-23-25-27-29-31-32-34-36-38-40-42-44-46-48-50-52-54-56-58-60-64(68)65-62(61-66)63(67)59-57-55-53-51-49-47-45-43-41-39-37-35-33-30-28-26-24-22-20-18-16-14-12-10-8-6-4-2/h21,23,62-63,66-67H,3-20,22,24-61H2,1-2H3,(H,65,68)/b23-21-. The molecule has 3 N–H and O–H groups in total. The predicted octanol–water partition coefficient (Wildman–Crippen LogP) is 21.3. The smallest absolute Gasteiger partial charge is 0.220 e. The zero-order valence-corrected chi connectivity index (χ0v) is 46.9. The van der Waals surface area contributed by atoms with Crippen LogP contribution in [-0.4, -0.2) is 34.9 Å². The number of amides is 1. The van der Waals surface area contributed by atoms with Crippen LogP contribution < -0.4 is 5.32 Å². The van der Waals surface area contributed by atoms with E-state index in [1.54, 1.807) is 0 Å². The van der Waals surface area contributed by atoms with Gasteiger partial charge in [-0.1, -0.05) is 341 Å². The highest BCUT2D eigenvalue weighted by Crippen LogP contribution is 2.19. The van der Waals surface area contributed by atoms with Crippen molar-refractivity contribution in [2.45, 2.75) is 386 Å². The Morgan fingerprint density at radius 1 is 0.338 bits per heavy atom. The first-order chi connectivity index (χ1) is 33.7. The highest BCUT2D eigenvalue weighted by atomic mass is 16.3. The molecular formula is C64H127NO3. The van der Waals surface area contributed by atoms with Crippen LogP contribution in [0.2, 0.25) is 0 Å². The lowest BCUT2D eigenvalue weighted by Gasteiger charge is -2.22. The van der Waals surface area contributed by atoms with Gasteiger partial charge in [-0.05, 0) is 38.5 Å². The Bertz CT molecular complexity index is 952. The molecule has 2 atom stereocenters. The molecule has 0 spiro atoms. The molecule has 0 aliphatic carbocycles. The van der Waals surface area contributed by atoms with Gasteiger partial charge in [-0.3, -0.25) is 4.79 Å². The zero-order chi connectivity index (χ0) is 49.2. The largest absolute Gasteiger partial charge is 0.394 e. The maximum absolute atomic E-state index is 12.5. The third-order valence-electron chi connectivity index (χ3n) is 15.3. The molecule has 0 heterocycles. The minimum atomic E-state index is -0.657. The Labute approximate surface area is 428 Å². The van der Waals surface area contributed by atoms with Gasteiger partial charge in [0, 0.05) is 6.42 Å². The SMILES string of the molecule is CCCCCCCCCC/C=C\CCCCCCCCCCCCCCCCCCCC(=O)NC(CO)C(O)CCCCCCCCCCCCCCCCCCCCCCCCCCCCC. The van der Waals surface area contributed by atoms with Crippen molar-refractivity contribution in [3.63, 3.8) is 0 Å². The molecule has 0 radical (unpaired) electrons. The molecule has 0 aliphatic heterocycles. The van der Waals surface area contributed by atoms with Crippen molar-refractivity contribution in [2.24, 2.45) is 0 Å². The Morgan fingerprint density at radius 2 is 0.559 bits per heavy atom. The summed E-state index contributed by atoms with van der Waals surface area (Å²) in [5.41, 5.74) is 0.